The molecule has 0 aromatic carbocycles. The Morgan fingerprint density at radius 2 is 2.07 bits per heavy atom. The van der Waals surface area contributed by atoms with Gasteiger partial charge in [-0.3, -0.25) is 14.7 Å². The molecule has 0 bridgehead atoms. The van der Waals surface area contributed by atoms with Gasteiger partial charge in [0.15, 0.2) is 0 Å². The van der Waals surface area contributed by atoms with E-state index in [4.69, 9.17) is 10.4 Å². The maximum atomic E-state index is 12.8. The number of amides is 1. The maximum Gasteiger partial charge on any atom is 0.393 e. The lowest BCUT2D eigenvalue weighted by atomic mass is 9.81. The number of nitrogens with one attached hydrogen (secondary N) is 3. The van der Waals surface area contributed by atoms with Crippen LogP contribution in [0.4, 0.5) is 18.2 Å². The van der Waals surface area contributed by atoms with Gasteiger partial charge in [-0.25, -0.2) is 0 Å². The van der Waals surface area contributed by atoms with Crippen molar-refractivity contribution in [1.82, 2.24) is 15.1 Å². The van der Waals surface area contributed by atoms with Crippen molar-refractivity contribution in [3.63, 3.8) is 0 Å². The van der Waals surface area contributed by atoms with Gasteiger partial charge in [0.1, 0.15) is 16.8 Å². The van der Waals surface area contributed by atoms with Crippen molar-refractivity contribution in [2.24, 2.45) is 22.7 Å². The largest absolute Gasteiger partial charge is 0.393 e. The number of thiophene rings is 1. The topological polar surface area (TPSA) is 108 Å². The molecule has 8 nitrogen and oxygen atoms in total. The number of aliphatic imine (C=N–C) groups is 1. The molecule has 3 atom stereocenters. The van der Waals surface area contributed by atoms with Gasteiger partial charge >= 0.3 is 6.18 Å². The molecule has 2 saturated heterocycles. The second kappa shape index (κ2) is 13.7. The molecular formula is C32H40F3N7OS. The second-order valence-electron chi connectivity index (χ2n) is 12.2. The summed E-state index contributed by atoms with van der Waals surface area (Å²) in [7, 11) is 0. The Bertz CT molecular complexity index is 1400. The molecule has 236 valence electrons. The Morgan fingerprint density at radius 3 is 2.73 bits per heavy atom. The first-order valence-corrected chi connectivity index (χ1v) is 16.1. The van der Waals surface area contributed by atoms with Gasteiger partial charge in [0, 0.05) is 67.4 Å². The number of carbonyl (C=O) groups excluding carboxylic acids is 1. The number of allylic oxidation sites excluding steroid dienone is 4. The average molecular weight is 628 g/mol. The van der Waals surface area contributed by atoms with E-state index in [-0.39, 0.29) is 28.7 Å². The highest BCUT2D eigenvalue weighted by Gasteiger charge is 2.36. The molecule has 0 radical (unpaired) electrons. The summed E-state index contributed by atoms with van der Waals surface area (Å²) in [6.07, 6.45) is 6.52. The minimum absolute atomic E-state index is 0.127. The van der Waals surface area contributed by atoms with Gasteiger partial charge in [0.2, 0.25) is 5.91 Å². The third-order valence-corrected chi connectivity index (χ3v) is 10.2. The van der Waals surface area contributed by atoms with Crippen molar-refractivity contribution < 1.29 is 18.0 Å². The molecule has 0 saturated carbocycles. The van der Waals surface area contributed by atoms with Crippen LogP contribution in [0.5, 0.6) is 0 Å². The summed E-state index contributed by atoms with van der Waals surface area (Å²) in [5, 5.41) is 24.1. The number of carbonyl (C=O) groups is 1. The molecule has 1 aromatic rings. The highest BCUT2D eigenvalue weighted by Crippen LogP contribution is 2.42. The molecule has 4 aliphatic rings. The summed E-state index contributed by atoms with van der Waals surface area (Å²) >= 11 is 1.02. The third kappa shape index (κ3) is 7.80. The molecular weight excluding hydrogens is 587 g/mol. The van der Waals surface area contributed by atoms with Crippen LogP contribution in [-0.2, 0) is 11.2 Å². The molecule has 4 heterocycles. The molecule has 0 spiro atoms. The van der Waals surface area contributed by atoms with E-state index >= 15 is 0 Å². The number of alkyl halides is 3. The van der Waals surface area contributed by atoms with Crippen LogP contribution in [0.3, 0.4) is 0 Å². The Kier molecular flexibility index (Phi) is 9.95. The summed E-state index contributed by atoms with van der Waals surface area (Å²) in [4.78, 5) is 21.1. The lowest BCUT2D eigenvalue weighted by Crippen LogP contribution is -2.39. The number of hydrogen-bond donors (Lipinski definition) is 3. The van der Waals surface area contributed by atoms with E-state index in [1.54, 1.807) is 0 Å². The van der Waals surface area contributed by atoms with Gasteiger partial charge in [0.05, 0.1) is 18.3 Å². The van der Waals surface area contributed by atoms with Crippen LogP contribution in [0.25, 0.3) is 0 Å². The molecule has 2 fully saturated rings. The van der Waals surface area contributed by atoms with Crippen LogP contribution < -0.4 is 10.6 Å². The maximum absolute atomic E-state index is 12.8. The quantitative estimate of drug-likeness (QED) is 0.235. The zero-order valence-corrected chi connectivity index (χ0v) is 26.0. The minimum Gasteiger partial charge on any atom is -0.356 e. The molecule has 44 heavy (non-hydrogen) atoms. The monoisotopic (exact) mass is 627 g/mol. The summed E-state index contributed by atoms with van der Waals surface area (Å²) < 4.78 is 38.5. The molecule has 1 aliphatic carbocycles. The number of anilines is 1. The van der Waals surface area contributed by atoms with Gasteiger partial charge in [-0.2, -0.15) is 18.4 Å². The van der Waals surface area contributed by atoms with Crippen molar-refractivity contribution in [1.29, 1.82) is 10.7 Å². The predicted molar refractivity (Wildman–Crippen MR) is 168 cm³/mol. The molecule has 3 aliphatic heterocycles. The zero-order chi connectivity index (χ0) is 31.4. The van der Waals surface area contributed by atoms with Gasteiger partial charge in [-0.05, 0) is 62.7 Å². The number of halogens is 3. The van der Waals surface area contributed by atoms with Crippen LogP contribution in [0, 0.1) is 34.5 Å². The lowest BCUT2D eigenvalue weighted by molar-refractivity contribution is -0.126. The van der Waals surface area contributed by atoms with Crippen molar-refractivity contribution in [3.8, 4) is 6.07 Å². The summed E-state index contributed by atoms with van der Waals surface area (Å²) in [5.41, 5.74) is 3.70. The van der Waals surface area contributed by atoms with Crippen LogP contribution in [0.1, 0.15) is 56.4 Å². The van der Waals surface area contributed by atoms with Crippen LogP contribution in [0.2, 0.25) is 0 Å². The second-order valence-corrected chi connectivity index (χ2v) is 13.4. The van der Waals surface area contributed by atoms with Gasteiger partial charge < -0.3 is 20.9 Å². The minimum atomic E-state index is -4.28. The summed E-state index contributed by atoms with van der Waals surface area (Å²) in [6, 6.07) is 3.95. The summed E-state index contributed by atoms with van der Waals surface area (Å²) in [5.74, 6) is 1.69. The fraction of sp³-hybridized carbons (Fsp3) is 0.562. The van der Waals surface area contributed by atoms with E-state index < -0.39 is 12.6 Å². The first-order chi connectivity index (χ1) is 21.0. The average Bonchev–Trinajstić information content (AvgIpc) is 3.54. The molecule has 5 rings (SSSR count). The SMILES string of the molecule is CC(=NC1CCN(CC2=CC=C3C(C=C(C#N)N3CCC3CCC(=O)NC3)C2C)CC1)Nc1sc(CC(F)(F)F)cc1C=N. The molecule has 1 aromatic heterocycles. The van der Waals surface area contributed by atoms with Crippen molar-refractivity contribution in [2.45, 2.75) is 64.6 Å². The number of hydrogen-bond acceptors (Lipinski definition) is 7. The fourth-order valence-electron chi connectivity index (χ4n) is 6.61. The summed E-state index contributed by atoms with van der Waals surface area (Å²) in [6.45, 7) is 8.23. The first kappa shape index (κ1) is 32.0. The van der Waals surface area contributed by atoms with Crippen LogP contribution in [0.15, 0.2) is 46.3 Å². The normalized spacial score (nSPS) is 25.0. The highest BCUT2D eigenvalue weighted by molar-refractivity contribution is 7.16. The predicted octanol–water partition coefficient (Wildman–Crippen LogP) is 5.86. The first-order valence-electron chi connectivity index (χ1n) is 15.3. The Morgan fingerprint density at radius 1 is 1.30 bits per heavy atom. The third-order valence-electron chi connectivity index (χ3n) is 9.09. The smallest absolute Gasteiger partial charge is 0.356 e. The molecule has 3 N–H and O–H groups in total. The van der Waals surface area contributed by atoms with Crippen molar-refractivity contribution >= 4 is 34.3 Å². The van der Waals surface area contributed by atoms with Gasteiger partial charge in [-0.15, -0.1) is 11.3 Å². The van der Waals surface area contributed by atoms with Gasteiger partial charge in [0.25, 0.3) is 0 Å². The fourth-order valence-corrected chi connectivity index (χ4v) is 7.73. The number of amidine groups is 1. The molecule has 12 heteroatoms. The van der Waals surface area contributed by atoms with E-state index in [0.29, 0.717) is 35.3 Å². The number of nitriles is 1. The van der Waals surface area contributed by atoms with E-state index in [1.165, 1.54) is 17.3 Å². The molecule has 3 unspecified atom stereocenters. The van der Waals surface area contributed by atoms with Crippen molar-refractivity contribution in [3.05, 3.63) is 51.7 Å². The number of fused-ring (bicyclic) bond motifs is 1. The van der Waals surface area contributed by atoms with E-state index in [9.17, 15) is 23.2 Å². The zero-order valence-electron chi connectivity index (χ0n) is 25.2. The Labute approximate surface area is 260 Å². The van der Waals surface area contributed by atoms with Gasteiger partial charge in [-0.1, -0.05) is 18.6 Å². The number of likely N-dealkylation sites (tertiary alicyclic amines) is 1. The number of rotatable bonds is 9. The van der Waals surface area contributed by atoms with Crippen molar-refractivity contribution in [2.75, 3.05) is 38.0 Å². The highest BCUT2D eigenvalue weighted by atomic mass is 32.1. The standard InChI is InChI=1S/C32H40F3N7OS/c1-20-23(4-5-29-28(20)14-26(17-37)42(29)12-7-22-3-6-30(43)38-18-22)19-41-10-8-25(9-11-41)39-21(2)40-31-24(16-36)13-27(44-31)15-32(33,34)35/h4-5,13-14,16,20,22,25,28,36H,3,6-12,15,18-19H2,1-2H3,(H,38,43)(H,39,40). The van der Waals surface area contributed by atoms with E-state index in [2.05, 4.69) is 51.7 Å². The lowest BCUT2D eigenvalue weighted by Gasteiger charge is -2.36. The number of nitrogens with zero attached hydrogens (tertiary/aromatic N) is 4. The van der Waals surface area contributed by atoms with Crippen LogP contribution >= 0.6 is 11.3 Å². The molecule has 1 amide bonds. The van der Waals surface area contributed by atoms with Crippen LogP contribution in [-0.4, -0.2) is 72.7 Å². The Hall–Kier alpha value is -3.43. The van der Waals surface area contributed by atoms with E-state index in [1.807, 2.05) is 6.92 Å². The van der Waals surface area contributed by atoms with E-state index in [0.717, 1.165) is 75.1 Å². The number of piperidine rings is 2. The Balaban J connectivity index is 1.14.